The van der Waals surface area contributed by atoms with Crippen molar-refractivity contribution in [3.05, 3.63) is 23.8 Å². The van der Waals surface area contributed by atoms with Crippen LogP contribution in [0.2, 0.25) is 0 Å². The van der Waals surface area contributed by atoms with Crippen LogP contribution in [0.5, 0.6) is 11.5 Å². The van der Waals surface area contributed by atoms with E-state index in [0.29, 0.717) is 38.2 Å². The van der Waals surface area contributed by atoms with Gasteiger partial charge in [0.15, 0.2) is 11.5 Å². The van der Waals surface area contributed by atoms with Crippen LogP contribution in [0.1, 0.15) is 18.4 Å². The number of benzene rings is 1. The van der Waals surface area contributed by atoms with Crippen molar-refractivity contribution in [3.63, 3.8) is 0 Å². The first-order valence-electron chi connectivity index (χ1n) is 9.93. The molecule has 2 amide bonds. The number of likely N-dealkylation sites (tertiary alicyclic amines) is 1. The Kier molecular flexibility index (Phi) is 5.97. The van der Waals surface area contributed by atoms with E-state index in [1.54, 1.807) is 0 Å². The molecule has 152 valence electrons. The van der Waals surface area contributed by atoms with Crippen molar-refractivity contribution in [2.75, 3.05) is 52.7 Å². The quantitative estimate of drug-likeness (QED) is 0.768. The molecule has 3 aliphatic rings. The van der Waals surface area contributed by atoms with Gasteiger partial charge in [0.2, 0.25) is 18.6 Å². The molecule has 8 nitrogen and oxygen atoms in total. The molecule has 2 saturated heterocycles. The lowest BCUT2D eigenvalue weighted by atomic mass is 9.96. The summed E-state index contributed by atoms with van der Waals surface area (Å²) in [6, 6.07) is 5.67. The summed E-state index contributed by atoms with van der Waals surface area (Å²) in [5, 5.41) is 3.00. The van der Waals surface area contributed by atoms with Gasteiger partial charge in [0, 0.05) is 45.7 Å². The zero-order valence-electron chi connectivity index (χ0n) is 16.0. The second-order valence-electron chi connectivity index (χ2n) is 7.43. The maximum atomic E-state index is 12.6. The number of carbonyl (C=O) groups excluding carboxylic acids is 2. The topological polar surface area (TPSA) is 80.3 Å². The summed E-state index contributed by atoms with van der Waals surface area (Å²) in [4.78, 5) is 29.0. The number of hydrogen-bond acceptors (Lipinski definition) is 6. The molecule has 0 spiro atoms. The van der Waals surface area contributed by atoms with Crippen molar-refractivity contribution in [1.82, 2.24) is 15.1 Å². The van der Waals surface area contributed by atoms with Gasteiger partial charge in [0.25, 0.3) is 0 Å². The average molecular weight is 389 g/mol. The van der Waals surface area contributed by atoms with Gasteiger partial charge in [0.05, 0.1) is 19.1 Å². The second-order valence-corrected chi connectivity index (χ2v) is 7.43. The molecule has 1 aromatic rings. The van der Waals surface area contributed by atoms with Gasteiger partial charge in [-0.3, -0.25) is 14.5 Å². The molecule has 8 heteroatoms. The fraction of sp³-hybridized carbons (Fsp3) is 0.600. The smallest absolute Gasteiger partial charge is 0.231 e. The second kappa shape index (κ2) is 8.79. The van der Waals surface area contributed by atoms with E-state index < -0.39 is 0 Å². The third kappa shape index (κ3) is 4.56. The molecule has 0 aromatic heterocycles. The Morgan fingerprint density at radius 1 is 1.14 bits per heavy atom. The maximum Gasteiger partial charge on any atom is 0.231 e. The van der Waals surface area contributed by atoms with Crippen LogP contribution in [0.4, 0.5) is 0 Å². The minimum atomic E-state index is -0.156. The molecule has 0 saturated carbocycles. The van der Waals surface area contributed by atoms with E-state index in [1.165, 1.54) is 0 Å². The summed E-state index contributed by atoms with van der Waals surface area (Å²) < 4.78 is 16.0. The van der Waals surface area contributed by atoms with Gasteiger partial charge in [-0.1, -0.05) is 6.07 Å². The number of nitrogens with zero attached hydrogens (tertiary/aromatic N) is 2. The first-order chi connectivity index (χ1) is 13.7. The van der Waals surface area contributed by atoms with Crippen molar-refractivity contribution >= 4 is 11.8 Å². The van der Waals surface area contributed by atoms with Crippen LogP contribution in [-0.4, -0.2) is 74.3 Å². The molecule has 2 fully saturated rings. The number of amides is 2. The Hall–Kier alpha value is -2.32. The minimum Gasteiger partial charge on any atom is -0.454 e. The molecule has 0 unspecified atom stereocenters. The van der Waals surface area contributed by atoms with Crippen molar-refractivity contribution in [1.29, 1.82) is 0 Å². The summed E-state index contributed by atoms with van der Waals surface area (Å²) in [5.74, 6) is 1.44. The van der Waals surface area contributed by atoms with Crippen LogP contribution in [0, 0.1) is 5.92 Å². The number of carbonyl (C=O) groups is 2. The standard InChI is InChI=1S/C20H27N3O5/c24-19-4-2-16(13-23(19)6-5-22-7-9-26-10-8-22)20(25)21-12-15-1-3-17-18(11-15)28-14-27-17/h1,3,11,16H,2,4-10,12-14H2,(H,21,25)/t16-/m1/s1. The Bertz CT molecular complexity index is 720. The molecular formula is C20H27N3O5. The van der Waals surface area contributed by atoms with E-state index in [0.717, 1.165) is 44.2 Å². The Morgan fingerprint density at radius 3 is 2.82 bits per heavy atom. The molecule has 3 heterocycles. The monoisotopic (exact) mass is 389 g/mol. The third-order valence-corrected chi connectivity index (χ3v) is 5.56. The highest BCUT2D eigenvalue weighted by Crippen LogP contribution is 2.32. The Morgan fingerprint density at radius 2 is 1.96 bits per heavy atom. The summed E-state index contributed by atoms with van der Waals surface area (Å²) in [7, 11) is 0. The van der Waals surface area contributed by atoms with Crippen LogP contribution < -0.4 is 14.8 Å². The zero-order chi connectivity index (χ0) is 19.3. The van der Waals surface area contributed by atoms with Gasteiger partial charge in [-0.15, -0.1) is 0 Å². The van der Waals surface area contributed by atoms with Crippen molar-refractivity contribution in [2.45, 2.75) is 19.4 Å². The number of nitrogens with one attached hydrogen (secondary N) is 1. The van der Waals surface area contributed by atoms with Crippen LogP contribution in [0.3, 0.4) is 0 Å². The minimum absolute atomic E-state index is 0.00143. The predicted octanol–water partition coefficient (Wildman–Crippen LogP) is 0.602. The number of rotatable bonds is 6. The average Bonchev–Trinajstić information content (AvgIpc) is 3.20. The summed E-state index contributed by atoms with van der Waals surface area (Å²) in [6.07, 6.45) is 1.05. The first-order valence-corrected chi connectivity index (χ1v) is 9.93. The summed E-state index contributed by atoms with van der Waals surface area (Å²) in [6.45, 7) is 5.98. The molecule has 28 heavy (non-hydrogen) atoms. The lowest BCUT2D eigenvalue weighted by Crippen LogP contribution is -2.49. The van der Waals surface area contributed by atoms with E-state index in [9.17, 15) is 9.59 Å². The van der Waals surface area contributed by atoms with Crippen LogP contribution in [-0.2, 0) is 20.9 Å². The third-order valence-electron chi connectivity index (χ3n) is 5.56. The maximum absolute atomic E-state index is 12.6. The molecular weight excluding hydrogens is 362 g/mol. The molecule has 0 radical (unpaired) electrons. The largest absolute Gasteiger partial charge is 0.454 e. The van der Waals surface area contributed by atoms with Gasteiger partial charge in [-0.05, 0) is 24.1 Å². The molecule has 3 aliphatic heterocycles. The van der Waals surface area contributed by atoms with Crippen LogP contribution in [0.25, 0.3) is 0 Å². The highest BCUT2D eigenvalue weighted by Gasteiger charge is 2.30. The van der Waals surface area contributed by atoms with Crippen LogP contribution >= 0.6 is 0 Å². The number of ether oxygens (including phenoxy) is 3. The van der Waals surface area contributed by atoms with Gasteiger partial charge in [0.1, 0.15) is 0 Å². The normalized spacial score (nSPS) is 22.4. The summed E-state index contributed by atoms with van der Waals surface area (Å²) >= 11 is 0. The zero-order valence-corrected chi connectivity index (χ0v) is 16.0. The van der Waals surface area contributed by atoms with Gasteiger partial charge >= 0.3 is 0 Å². The first kappa shape index (κ1) is 19.0. The van der Waals surface area contributed by atoms with E-state index >= 15 is 0 Å². The number of hydrogen-bond donors (Lipinski definition) is 1. The van der Waals surface area contributed by atoms with Crippen LogP contribution in [0.15, 0.2) is 18.2 Å². The van der Waals surface area contributed by atoms with Gasteiger partial charge < -0.3 is 24.4 Å². The number of morpholine rings is 1. The SMILES string of the molecule is O=C(NCc1ccc2c(c1)OCO2)[C@@H]1CCC(=O)N(CCN2CCOCC2)C1. The molecule has 1 atom stereocenters. The Labute approximate surface area is 164 Å². The lowest BCUT2D eigenvalue weighted by molar-refractivity contribution is -0.138. The highest BCUT2D eigenvalue weighted by molar-refractivity contribution is 5.83. The fourth-order valence-corrected chi connectivity index (χ4v) is 3.82. The van der Waals surface area contributed by atoms with E-state index in [-0.39, 0.29) is 24.5 Å². The van der Waals surface area contributed by atoms with E-state index in [2.05, 4.69) is 10.2 Å². The van der Waals surface area contributed by atoms with Crippen molar-refractivity contribution in [2.24, 2.45) is 5.92 Å². The van der Waals surface area contributed by atoms with E-state index in [1.807, 2.05) is 23.1 Å². The number of fused-ring (bicyclic) bond motifs is 1. The van der Waals surface area contributed by atoms with Gasteiger partial charge in [-0.25, -0.2) is 0 Å². The molecule has 0 bridgehead atoms. The Balaban J connectivity index is 1.26. The molecule has 1 N–H and O–H groups in total. The number of piperidine rings is 1. The molecule has 4 rings (SSSR count). The fourth-order valence-electron chi connectivity index (χ4n) is 3.82. The lowest BCUT2D eigenvalue weighted by Gasteiger charge is -2.34. The predicted molar refractivity (Wildman–Crippen MR) is 101 cm³/mol. The van der Waals surface area contributed by atoms with Crippen molar-refractivity contribution in [3.8, 4) is 11.5 Å². The molecule has 0 aliphatic carbocycles. The highest BCUT2D eigenvalue weighted by atomic mass is 16.7. The summed E-state index contributed by atoms with van der Waals surface area (Å²) in [5.41, 5.74) is 0.966. The molecule has 1 aromatic carbocycles. The van der Waals surface area contributed by atoms with Crippen molar-refractivity contribution < 1.29 is 23.8 Å². The van der Waals surface area contributed by atoms with Gasteiger partial charge in [-0.2, -0.15) is 0 Å². The van der Waals surface area contributed by atoms with E-state index in [4.69, 9.17) is 14.2 Å².